The molecule has 1 N–H and O–H groups in total. The number of nitrogens with one attached hydrogen (secondary N) is 1. The molecule has 0 aliphatic heterocycles. The third kappa shape index (κ3) is 5.09. The maximum Gasteiger partial charge on any atom is 0.337 e. The standard InChI is InChI=1S/C17H16ClNO4/c1-2-22-11-16(20)23-13-9-7-12(8-10-13)19-17(21)14-5-3-4-6-15(14)18/h3-10H,2,11H2,1H3,(H,19,21). The van der Waals surface area contributed by atoms with E-state index in [1.54, 1.807) is 55.5 Å². The second kappa shape index (κ2) is 8.31. The van der Waals surface area contributed by atoms with E-state index >= 15 is 0 Å². The van der Waals surface area contributed by atoms with E-state index in [4.69, 9.17) is 21.1 Å². The molecule has 120 valence electrons. The van der Waals surface area contributed by atoms with Crippen molar-refractivity contribution in [2.24, 2.45) is 0 Å². The van der Waals surface area contributed by atoms with Crippen molar-refractivity contribution in [1.82, 2.24) is 0 Å². The topological polar surface area (TPSA) is 64.6 Å². The minimum Gasteiger partial charge on any atom is -0.425 e. The zero-order valence-electron chi connectivity index (χ0n) is 12.5. The first kappa shape index (κ1) is 17.0. The lowest BCUT2D eigenvalue weighted by Gasteiger charge is -2.08. The van der Waals surface area contributed by atoms with Gasteiger partial charge in [0.1, 0.15) is 12.4 Å². The van der Waals surface area contributed by atoms with Gasteiger partial charge in [0.15, 0.2) is 0 Å². The van der Waals surface area contributed by atoms with Crippen LogP contribution in [0.4, 0.5) is 5.69 Å². The Morgan fingerprint density at radius 3 is 2.43 bits per heavy atom. The number of carbonyl (C=O) groups excluding carboxylic acids is 2. The summed E-state index contributed by atoms with van der Waals surface area (Å²) in [4.78, 5) is 23.5. The van der Waals surface area contributed by atoms with Crippen LogP contribution in [-0.4, -0.2) is 25.1 Å². The highest BCUT2D eigenvalue weighted by Gasteiger charge is 2.10. The first-order chi connectivity index (χ1) is 11.1. The molecule has 0 saturated carbocycles. The monoisotopic (exact) mass is 333 g/mol. The van der Waals surface area contributed by atoms with Crippen LogP contribution in [-0.2, 0) is 9.53 Å². The fourth-order valence-electron chi connectivity index (χ4n) is 1.80. The van der Waals surface area contributed by atoms with Gasteiger partial charge in [0.25, 0.3) is 5.91 Å². The van der Waals surface area contributed by atoms with Crippen LogP contribution in [0.3, 0.4) is 0 Å². The molecule has 2 aromatic rings. The van der Waals surface area contributed by atoms with Gasteiger partial charge in [-0.1, -0.05) is 23.7 Å². The average molecular weight is 334 g/mol. The van der Waals surface area contributed by atoms with Crippen LogP contribution in [0.5, 0.6) is 5.75 Å². The predicted molar refractivity (Wildman–Crippen MR) is 88.0 cm³/mol. The van der Waals surface area contributed by atoms with Gasteiger partial charge in [0.05, 0.1) is 10.6 Å². The smallest absolute Gasteiger partial charge is 0.337 e. The van der Waals surface area contributed by atoms with E-state index in [0.717, 1.165) is 0 Å². The number of esters is 1. The van der Waals surface area contributed by atoms with Gasteiger partial charge < -0.3 is 14.8 Å². The Morgan fingerprint density at radius 1 is 1.09 bits per heavy atom. The molecule has 2 aromatic carbocycles. The summed E-state index contributed by atoms with van der Waals surface area (Å²) in [5, 5.41) is 3.11. The Hall–Kier alpha value is -2.37. The number of rotatable bonds is 6. The Balaban J connectivity index is 1.96. The van der Waals surface area contributed by atoms with E-state index in [-0.39, 0.29) is 12.5 Å². The van der Waals surface area contributed by atoms with Gasteiger partial charge in [-0.3, -0.25) is 4.79 Å². The number of ether oxygens (including phenoxy) is 2. The largest absolute Gasteiger partial charge is 0.425 e. The van der Waals surface area contributed by atoms with Crippen molar-refractivity contribution < 1.29 is 19.1 Å². The fourth-order valence-corrected chi connectivity index (χ4v) is 2.02. The Morgan fingerprint density at radius 2 is 1.78 bits per heavy atom. The molecular formula is C17H16ClNO4. The van der Waals surface area contributed by atoms with Crippen LogP contribution < -0.4 is 10.1 Å². The molecule has 0 aromatic heterocycles. The van der Waals surface area contributed by atoms with Gasteiger partial charge in [-0.2, -0.15) is 0 Å². The third-order valence-corrected chi connectivity index (χ3v) is 3.22. The first-order valence-electron chi connectivity index (χ1n) is 7.04. The molecule has 0 aliphatic rings. The minimum absolute atomic E-state index is 0.0957. The molecule has 0 bridgehead atoms. The molecule has 0 aliphatic carbocycles. The lowest BCUT2D eigenvalue weighted by molar-refractivity contribution is -0.139. The van der Waals surface area contributed by atoms with E-state index in [2.05, 4.69) is 5.32 Å². The van der Waals surface area contributed by atoms with Crippen LogP contribution in [0, 0.1) is 0 Å². The maximum atomic E-state index is 12.1. The molecule has 6 heteroatoms. The number of halogens is 1. The summed E-state index contributed by atoms with van der Waals surface area (Å²) in [6, 6.07) is 13.2. The molecule has 0 saturated heterocycles. The molecule has 5 nitrogen and oxygen atoms in total. The highest BCUT2D eigenvalue weighted by atomic mass is 35.5. The minimum atomic E-state index is -0.472. The molecule has 23 heavy (non-hydrogen) atoms. The summed E-state index contributed by atoms with van der Waals surface area (Å²) in [6.07, 6.45) is 0. The lowest BCUT2D eigenvalue weighted by atomic mass is 10.2. The van der Waals surface area contributed by atoms with Gasteiger partial charge in [-0.15, -0.1) is 0 Å². The van der Waals surface area contributed by atoms with Crippen LogP contribution in [0.15, 0.2) is 48.5 Å². The Bertz CT molecular complexity index is 685. The summed E-state index contributed by atoms with van der Waals surface area (Å²) in [5.41, 5.74) is 0.959. The number of hydrogen-bond acceptors (Lipinski definition) is 4. The molecule has 0 fully saturated rings. The first-order valence-corrected chi connectivity index (χ1v) is 7.42. The highest BCUT2D eigenvalue weighted by Crippen LogP contribution is 2.19. The van der Waals surface area contributed by atoms with Crippen LogP contribution in [0.25, 0.3) is 0 Å². The number of amides is 1. The maximum absolute atomic E-state index is 12.1. The second-order valence-electron chi connectivity index (χ2n) is 4.57. The lowest BCUT2D eigenvalue weighted by Crippen LogP contribution is -2.15. The number of anilines is 1. The summed E-state index contributed by atoms with van der Waals surface area (Å²) in [6.45, 7) is 2.15. The molecule has 0 radical (unpaired) electrons. The average Bonchev–Trinajstić information content (AvgIpc) is 2.55. The SMILES string of the molecule is CCOCC(=O)Oc1ccc(NC(=O)c2ccccc2Cl)cc1. The molecule has 1 amide bonds. The summed E-state index contributed by atoms with van der Waals surface area (Å²) >= 11 is 5.98. The van der Waals surface area contributed by atoms with Gasteiger partial charge in [-0.25, -0.2) is 4.79 Å². The summed E-state index contributed by atoms with van der Waals surface area (Å²) in [7, 11) is 0. The Labute approximate surface area is 139 Å². The van der Waals surface area contributed by atoms with Crippen molar-refractivity contribution in [3.63, 3.8) is 0 Å². The van der Waals surface area contributed by atoms with E-state index in [0.29, 0.717) is 28.6 Å². The predicted octanol–water partition coefficient (Wildman–Crippen LogP) is 3.53. The van der Waals surface area contributed by atoms with Crippen LogP contribution in [0.1, 0.15) is 17.3 Å². The van der Waals surface area contributed by atoms with Crippen molar-refractivity contribution in [3.8, 4) is 5.75 Å². The number of hydrogen-bond donors (Lipinski definition) is 1. The van der Waals surface area contributed by atoms with Crippen molar-refractivity contribution in [2.75, 3.05) is 18.5 Å². The van der Waals surface area contributed by atoms with Crippen molar-refractivity contribution in [3.05, 3.63) is 59.1 Å². The van der Waals surface area contributed by atoms with Gasteiger partial charge in [-0.05, 0) is 43.3 Å². The molecule has 2 rings (SSSR count). The fraction of sp³-hybridized carbons (Fsp3) is 0.176. The quantitative estimate of drug-likeness (QED) is 0.648. The molecule has 0 heterocycles. The normalized spacial score (nSPS) is 10.2. The van der Waals surface area contributed by atoms with Crippen LogP contribution in [0.2, 0.25) is 5.02 Å². The van der Waals surface area contributed by atoms with E-state index < -0.39 is 5.97 Å². The van der Waals surface area contributed by atoms with Gasteiger partial charge in [0, 0.05) is 12.3 Å². The van der Waals surface area contributed by atoms with E-state index in [9.17, 15) is 9.59 Å². The highest BCUT2D eigenvalue weighted by molar-refractivity contribution is 6.34. The van der Waals surface area contributed by atoms with E-state index in [1.165, 1.54) is 0 Å². The van der Waals surface area contributed by atoms with Gasteiger partial charge in [0.2, 0.25) is 0 Å². The van der Waals surface area contributed by atoms with Crippen molar-refractivity contribution in [1.29, 1.82) is 0 Å². The van der Waals surface area contributed by atoms with Crippen molar-refractivity contribution in [2.45, 2.75) is 6.92 Å². The third-order valence-electron chi connectivity index (χ3n) is 2.89. The number of benzene rings is 2. The summed E-state index contributed by atoms with van der Waals surface area (Å²) < 4.78 is 10.0. The zero-order chi connectivity index (χ0) is 16.7. The molecular weight excluding hydrogens is 318 g/mol. The summed E-state index contributed by atoms with van der Waals surface area (Å²) in [5.74, 6) is -0.401. The zero-order valence-corrected chi connectivity index (χ0v) is 13.3. The van der Waals surface area contributed by atoms with Crippen molar-refractivity contribution >= 4 is 29.2 Å². The molecule has 0 atom stereocenters. The number of carbonyl (C=O) groups is 2. The second-order valence-corrected chi connectivity index (χ2v) is 4.98. The van der Waals surface area contributed by atoms with Gasteiger partial charge >= 0.3 is 5.97 Å². The van der Waals surface area contributed by atoms with E-state index in [1.807, 2.05) is 0 Å². The molecule has 0 unspecified atom stereocenters. The molecule has 0 spiro atoms. The Kier molecular flexibility index (Phi) is 6.14. The van der Waals surface area contributed by atoms with Crippen LogP contribution >= 0.6 is 11.6 Å².